The van der Waals surface area contributed by atoms with Crippen LogP contribution >= 0.6 is 0 Å². The van der Waals surface area contributed by atoms with E-state index in [4.69, 9.17) is 0 Å². The molecule has 5 heteroatoms. The molecule has 0 aromatic heterocycles. The molecule has 0 bridgehead atoms. The lowest BCUT2D eigenvalue weighted by Gasteiger charge is -2.58. The van der Waals surface area contributed by atoms with Crippen molar-refractivity contribution >= 4 is 17.7 Å². The van der Waals surface area contributed by atoms with Gasteiger partial charge in [0.15, 0.2) is 5.78 Å². The lowest BCUT2D eigenvalue weighted by atomic mass is 9.47. The molecule has 30 heavy (non-hydrogen) atoms. The van der Waals surface area contributed by atoms with Crippen LogP contribution in [0.5, 0.6) is 0 Å². The number of rotatable bonds is 4. The molecule has 0 radical (unpaired) electrons. The first-order valence-electron chi connectivity index (χ1n) is 12.1. The first kappa shape index (κ1) is 21.6. The predicted octanol–water partition coefficient (Wildman–Crippen LogP) is 4.76. The number of ketones is 1. The summed E-state index contributed by atoms with van der Waals surface area (Å²) < 4.78 is 0. The van der Waals surface area contributed by atoms with E-state index in [1.807, 2.05) is 6.08 Å². The molecular formula is C25H38N2O3. The number of carbonyl (C=O) groups excluding carboxylic acids is 3. The predicted molar refractivity (Wildman–Crippen MR) is 117 cm³/mol. The summed E-state index contributed by atoms with van der Waals surface area (Å²) in [5.74, 6) is 1.96. The number of allylic oxidation sites excluding steroid dienone is 1. The van der Waals surface area contributed by atoms with Gasteiger partial charge in [0.05, 0.1) is 0 Å². The molecule has 0 saturated heterocycles. The molecule has 0 spiro atoms. The lowest BCUT2D eigenvalue weighted by molar-refractivity contribution is -0.131. The highest BCUT2D eigenvalue weighted by Gasteiger charge is 2.60. The smallest absolute Gasteiger partial charge is 0.321 e. The van der Waals surface area contributed by atoms with Crippen molar-refractivity contribution in [3.05, 3.63) is 11.6 Å². The van der Waals surface area contributed by atoms with Crippen molar-refractivity contribution in [2.45, 2.75) is 85.0 Å². The molecule has 5 nitrogen and oxygen atoms in total. The van der Waals surface area contributed by atoms with Gasteiger partial charge in [-0.05, 0) is 86.0 Å². The normalized spacial score (nSPS) is 40.0. The third-order valence-electron chi connectivity index (χ3n) is 9.33. The minimum Gasteiger partial charge on any atom is -0.338 e. The molecule has 4 aliphatic carbocycles. The molecule has 0 aromatic rings. The van der Waals surface area contributed by atoms with E-state index in [2.05, 4.69) is 31.4 Å². The highest BCUT2D eigenvalue weighted by atomic mass is 16.2. The van der Waals surface area contributed by atoms with Crippen LogP contribution in [-0.4, -0.2) is 24.3 Å². The third kappa shape index (κ3) is 3.52. The Bertz CT molecular complexity index is 759. The van der Waals surface area contributed by atoms with Gasteiger partial charge in [-0.3, -0.25) is 14.9 Å². The van der Waals surface area contributed by atoms with Gasteiger partial charge in [0, 0.05) is 18.9 Å². The topological polar surface area (TPSA) is 75.3 Å². The van der Waals surface area contributed by atoms with Crippen LogP contribution in [0.4, 0.5) is 4.79 Å². The highest BCUT2D eigenvalue weighted by Crippen LogP contribution is 2.66. The quantitative estimate of drug-likeness (QED) is 0.651. The van der Waals surface area contributed by atoms with Crippen LogP contribution in [-0.2, 0) is 9.59 Å². The summed E-state index contributed by atoms with van der Waals surface area (Å²) in [5.41, 5.74) is 1.54. The van der Waals surface area contributed by atoms with E-state index in [0.717, 1.165) is 57.8 Å². The SMILES string of the molecule is CCCCNC(=O)NC(=O)C1CC[C@H]2[C@@H]3CCC4=CC(=O)CC[C@]4(C)[C@@H]3CC[C@]12C. The Balaban J connectivity index is 1.46. The zero-order valence-electron chi connectivity index (χ0n) is 18.9. The number of hydrogen-bond donors (Lipinski definition) is 2. The molecule has 6 atom stereocenters. The van der Waals surface area contributed by atoms with E-state index < -0.39 is 0 Å². The molecule has 4 aliphatic rings. The number of unbranched alkanes of at least 4 members (excludes halogenated alkanes) is 1. The van der Waals surface area contributed by atoms with Crippen LogP contribution in [0.2, 0.25) is 0 Å². The van der Waals surface area contributed by atoms with Gasteiger partial charge in [0.1, 0.15) is 0 Å². The number of nitrogens with one attached hydrogen (secondary N) is 2. The van der Waals surface area contributed by atoms with Gasteiger partial charge < -0.3 is 5.32 Å². The van der Waals surface area contributed by atoms with Crippen molar-refractivity contribution in [3.8, 4) is 0 Å². The van der Waals surface area contributed by atoms with Crippen molar-refractivity contribution in [2.75, 3.05) is 6.54 Å². The Morgan fingerprint density at radius 3 is 2.63 bits per heavy atom. The number of fused-ring (bicyclic) bond motifs is 5. The van der Waals surface area contributed by atoms with E-state index in [1.165, 1.54) is 5.57 Å². The fraction of sp³-hybridized carbons (Fsp3) is 0.800. The van der Waals surface area contributed by atoms with Gasteiger partial charge >= 0.3 is 6.03 Å². The van der Waals surface area contributed by atoms with Crippen LogP contribution in [0.3, 0.4) is 0 Å². The summed E-state index contributed by atoms with van der Waals surface area (Å²) in [6.45, 7) is 7.39. The van der Waals surface area contributed by atoms with Gasteiger partial charge in [-0.25, -0.2) is 4.79 Å². The minimum absolute atomic E-state index is 0.0169. The van der Waals surface area contributed by atoms with Crippen molar-refractivity contribution in [2.24, 2.45) is 34.5 Å². The van der Waals surface area contributed by atoms with Crippen LogP contribution in [0.25, 0.3) is 0 Å². The van der Waals surface area contributed by atoms with E-state index >= 15 is 0 Å². The van der Waals surface area contributed by atoms with Crippen LogP contribution in [0.15, 0.2) is 11.6 Å². The summed E-state index contributed by atoms with van der Waals surface area (Å²) >= 11 is 0. The fourth-order valence-electron chi connectivity index (χ4n) is 7.61. The molecular weight excluding hydrogens is 376 g/mol. The molecule has 0 heterocycles. The maximum absolute atomic E-state index is 13.0. The first-order chi connectivity index (χ1) is 14.3. The Hall–Kier alpha value is -1.65. The largest absolute Gasteiger partial charge is 0.338 e. The molecule has 3 amide bonds. The monoisotopic (exact) mass is 414 g/mol. The number of urea groups is 1. The highest BCUT2D eigenvalue weighted by molar-refractivity contribution is 5.96. The Morgan fingerprint density at radius 1 is 1.07 bits per heavy atom. The van der Waals surface area contributed by atoms with Gasteiger partial charge in [-0.1, -0.05) is 32.8 Å². The van der Waals surface area contributed by atoms with Crippen molar-refractivity contribution < 1.29 is 14.4 Å². The zero-order valence-corrected chi connectivity index (χ0v) is 18.9. The van der Waals surface area contributed by atoms with E-state index in [1.54, 1.807) is 0 Å². The molecule has 0 aromatic carbocycles. The molecule has 3 fully saturated rings. The van der Waals surface area contributed by atoms with Crippen molar-refractivity contribution in [1.82, 2.24) is 10.6 Å². The number of imide groups is 1. The van der Waals surface area contributed by atoms with Gasteiger partial charge in [0.25, 0.3) is 0 Å². The maximum Gasteiger partial charge on any atom is 0.321 e. The van der Waals surface area contributed by atoms with Crippen LogP contribution in [0, 0.1) is 34.5 Å². The summed E-state index contributed by atoms with van der Waals surface area (Å²) in [7, 11) is 0. The maximum atomic E-state index is 13.0. The summed E-state index contributed by atoms with van der Waals surface area (Å²) in [6, 6.07) is -0.346. The van der Waals surface area contributed by atoms with Crippen molar-refractivity contribution in [3.63, 3.8) is 0 Å². The zero-order chi connectivity index (χ0) is 21.5. The second kappa shape index (κ2) is 8.12. The summed E-state index contributed by atoms with van der Waals surface area (Å²) in [5, 5.41) is 5.44. The van der Waals surface area contributed by atoms with Gasteiger partial charge in [-0.2, -0.15) is 0 Å². The average molecular weight is 415 g/mol. The second-order valence-corrected chi connectivity index (χ2v) is 10.7. The summed E-state index contributed by atoms with van der Waals surface area (Å²) in [6.07, 6.45) is 11.9. The summed E-state index contributed by atoms with van der Waals surface area (Å²) in [4.78, 5) is 37.1. The van der Waals surface area contributed by atoms with E-state index in [9.17, 15) is 14.4 Å². The van der Waals surface area contributed by atoms with Gasteiger partial charge in [0.2, 0.25) is 5.91 Å². The molecule has 0 aliphatic heterocycles. The first-order valence-corrected chi connectivity index (χ1v) is 12.1. The second-order valence-electron chi connectivity index (χ2n) is 10.7. The van der Waals surface area contributed by atoms with Gasteiger partial charge in [-0.15, -0.1) is 0 Å². The fourth-order valence-corrected chi connectivity index (χ4v) is 7.61. The minimum atomic E-state index is -0.346. The average Bonchev–Trinajstić information content (AvgIpc) is 3.06. The lowest BCUT2D eigenvalue weighted by Crippen LogP contribution is -2.52. The van der Waals surface area contributed by atoms with Crippen LogP contribution in [0.1, 0.15) is 85.0 Å². The Kier molecular flexibility index (Phi) is 5.84. The molecule has 3 saturated carbocycles. The Labute approximate surface area is 180 Å². The number of amides is 3. The third-order valence-corrected chi connectivity index (χ3v) is 9.33. The molecule has 1 unspecified atom stereocenters. The molecule has 2 N–H and O–H groups in total. The van der Waals surface area contributed by atoms with E-state index in [-0.39, 0.29) is 28.7 Å². The number of hydrogen-bond acceptors (Lipinski definition) is 3. The Morgan fingerprint density at radius 2 is 1.87 bits per heavy atom. The van der Waals surface area contributed by atoms with E-state index in [0.29, 0.717) is 36.5 Å². The molecule has 166 valence electrons. The number of carbonyl (C=O) groups is 3. The van der Waals surface area contributed by atoms with Crippen molar-refractivity contribution in [1.29, 1.82) is 0 Å². The van der Waals surface area contributed by atoms with Crippen LogP contribution < -0.4 is 10.6 Å². The standard InChI is InChI=1S/C25H38N2O3/c1-4-5-14-26-23(30)27-22(29)21-9-8-19-18-7-6-16-15-17(28)10-12-24(16,2)20(18)11-13-25(19,21)3/h15,18-21H,4-14H2,1-3H3,(H2,26,27,29,30)/t18-,19-,20+,21?,24-,25-/m0/s1. The molecule has 4 rings (SSSR count).